The normalized spacial score (nSPS) is 10.4. The highest BCUT2D eigenvalue weighted by Crippen LogP contribution is 2.33. The van der Waals surface area contributed by atoms with Gasteiger partial charge in [-0.15, -0.1) is 11.3 Å². The van der Waals surface area contributed by atoms with Gasteiger partial charge in [-0.05, 0) is 29.6 Å². The van der Waals surface area contributed by atoms with Gasteiger partial charge in [0, 0.05) is 11.1 Å². The van der Waals surface area contributed by atoms with Gasteiger partial charge in [0.05, 0.1) is 5.02 Å². The SMILES string of the molecule is O=C(O)c1sccc1-c1ccc(F)cc1Cl. The van der Waals surface area contributed by atoms with Crippen molar-refractivity contribution in [3.05, 3.63) is 45.4 Å². The number of aromatic carboxylic acids is 1. The van der Waals surface area contributed by atoms with Gasteiger partial charge in [0.1, 0.15) is 10.7 Å². The fourth-order valence-electron chi connectivity index (χ4n) is 1.39. The number of benzene rings is 1. The number of hydrogen-bond donors (Lipinski definition) is 1. The van der Waals surface area contributed by atoms with Crippen molar-refractivity contribution in [3.8, 4) is 11.1 Å². The summed E-state index contributed by atoms with van der Waals surface area (Å²) >= 11 is 6.98. The lowest BCUT2D eigenvalue weighted by Gasteiger charge is -2.03. The van der Waals surface area contributed by atoms with Gasteiger partial charge >= 0.3 is 5.97 Å². The van der Waals surface area contributed by atoms with E-state index in [4.69, 9.17) is 16.7 Å². The van der Waals surface area contributed by atoms with E-state index in [0.29, 0.717) is 11.1 Å². The number of halogens is 2. The summed E-state index contributed by atoms with van der Waals surface area (Å²) in [5.74, 6) is -1.45. The maximum absolute atomic E-state index is 12.9. The van der Waals surface area contributed by atoms with Crippen LogP contribution < -0.4 is 0 Å². The zero-order chi connectivity index (χ0) is 11.7. The Morgan fingerprint density at radius 2 is 2.06 bits per heavy atom. The molecule has 1 heterocycles. The van der Waals surface area contributed by atoms with E-state index in [1.54, 1.807) is 11.4 Å². The molecule has 1 aromatic heterocycles. The first-order valence-corrected chi connectivity index (χ1v) is 5.61. The molecule has 0 unspecified atom stereocenters. The molecule has 0 aliphatic rings. The predicted molar refractivity (Wildman–Crippen MR) is 61.7 cm³/mol. The van der Waals surface area contributed by atoms with Crippen molar-refractivity contribution in [2.24, 2.45) is 0 Å². The molecule has 0 aliphatic carbocycles. The first-order valence-electron chi connectivity index (χ1n) is 4.36. The van der Waals surface area contributed by atoms with E-state index in [0.717, 1.165) is 11.3 Å². The quantitative estimate of drug-likeness (QED) is 0.885. The summed E-state index contributed by atoms with van der Waals surface area (Å²) in [5.41, 5.74) is 1.05. The summed E-state index contributed by atoms with van der Waals surface area (Å²) in [7, 11) is 0. The molecule has 0 fully saturated rings. The Labute approximate surface area is 99.9 Å². The summed E-state index contributed by atoms with van der Waals surface area (Å²) in [6.07, 6.45) is 0. The Kier molecular flexibility index (Phi) is 2.94. The number of carbonyl (C=O) groups is 1. The average molecular weight is 257 g/mol. The van der Waals surface area contributed by atoms with Crippen LogP contribution in [0.5, 0.6) is 0 Å². The van der Waals surface area contributed by atoms with Crippen LogP contribution in [0.2, 0.25) is 5.02 Å². The number of rotatable bonds is 2. The highest BCUT2D eigenvalue weighted by Gasteiger charge is 2.15. The number of hydrogen-bond acceptors (Lipinski definition) is 2. The molecule has 0 atom stereocenters. The van der Waals surface area contributed by atoms with E-state index in [2.05, 4.69) is 0 Å². The molecule has 0 saturated heterocycles. The zero-order valence-corrected chi connectivity index (χ0v) is 9.48. The molecule has 1 aromatic carbocycles. The Balaban J connectivity index is 2.59. The van der Waals surface area contributed by atoms with Crippen LogP contribution in [0.3, 0.4) is 0 Å². The monoisotopic (exact) mass is 256 g/mol. The molecule has 5 heteroatoms. The largest absolute Gasteiger partial charge is 0.477 e. The Bertz CT molecular complexity index is 551. The van der Waals surface area contributed by atoms with E-state index < -0.39 is 11.8 Å². The molecule has 1 N–H and O–H groups in total. The Hall–Kier alpha value is -1.39. The second kappa shape index (κ2) is 4.23. The molecule has 0 radical (unpaired) electrons. The fraction of sp³-hybridized carbons (Fsp3) is 0. The zero-order valence-electron chi connectivity index (χ0n) is 7.91. The van der Waals surface area contributed by atoms with Crippen LogP contribution in [0.15, 0.2) is 29.6 Å². The van der Waals surface area contributed by atoms with Crippen LogP contribution in [0.25, 0.3) is 11.1 Å². The fourth-order valence-corrected chi connectivity index (χ4v) is 2.41. The van der Waals surface area contributed by atoms with Gasteiger partial charge < -0.3 is 5.11 Å². The van der Waals surface area contributed by atoms with Crippen molar-refractivity contribution < 1.29 is 14.3 Å². The summed E-state index contributed by atoms with van der Waals surface area (Å²) in [6.45, 7) is 0. The van der Waals surface area contributed by atoms with Crippen molar-refractivity contribution in [2.75, 3.05) is 0 Å². The van der Waals surface area contributed by atoms with E-state index >= 15 is 0 Å². The molecule has 0 saturated carbocycles. The minimum atomic E-state index is -1.01. The maximum Gasteiger partial charge on any atom is 0.346 e. The Morgan fingerprint density at radius 3 is 2.69 bits per heavy atom. The lowest BCUT2D eigenvalue weighted by molar-refractivity contribution is 0.0703. The van der Waals surface area contributed by atoms with E-state index in [-0.39, 0.29) is 9.90 Å². The number of carboxylic acid groups (broad SMARTS) is 1. The summed E-state index contributed by atoms with van der Waals surface area (Å²) in [5, 5.41) is 10.8. The van der Waals surface area contributed by atoms with E-state index in [1.807, 2.05) is 0 Å². The third kappa shape index (κ3) is 1.94. The number of carboxylic acids is 1. The molecular weight excluding hydrogens is 251 g/mol. The summed E-state index contributed by atoms with van der Waals surface area (Å²) in [6, 6.07) is 5.56. The van der Waals surface area contributed by atoms with Crippen LogP contribution in [0, 0.1) is 5.82 Å². The third-order valence-corrected chi connectivity index (χ3v) is 3.30. The van der Waals surface area contributed by atoms with Gasteiger partial charge in [0.25, 0.3) is 0 Å². The van der Waals surface area contributed by atoms with Gasteiger partial charge in [0.2, 0.25) is 0 Å². The molecule has 0 bridgehead atoms. The van der Waals surface area contributed by atoms with Crippen molar-refractivity contribution >= 4 is 28.9 Å². The van der Waals surface area contributed by atoms with Gasteiger partial charge in [-0.3, -0.25) is 0 Å². The summed E-state index contributed by atoms with van der Waals surface area (Å²) in [4.78, 5) is 11.1. The van der Waals surface area contributed by atoms with E-state index in [1.165, 1.54) is 18.2 Å². The van der Waals surface area contributed by atoms with Crippen molar-refractivity contribution in [1.82, 2.24) is 0 Å². The highest BCUT2D eigenvalue weighted by atomic mass is 35.5. The van der Waals surface area contributed by atoms with Crippen LogP contribution in [0.4, 0.5) is 4.39 Å². The van der Waals surface area contributed by atoms with Crippen molar-refractivity contribution in [1.29, 1.82) is 0 Å². The second-order valence-corrected chi connectivity index (χ2v) is 4.42. The molecule has 0 spiro atoms. The molecule has 2 rings (SSSR count). The maximum atomic E-state index is 12.9. The molecule has 16 heavy (non-hydrogen) atoms. The number of thiophene rings is 1. The van der Waals surface area contributed by atoms with E-state index in [9.17, 15) is 9.18 Å². The Morgan fingerprint density at radius 1 is 1.31 bits per heavy atom. The minimum Gasteiger partial charge on any atom is -0.477 e. The smallest absolute Gasteiger partial charge is 0.346 e. The first-order chi connectivity index (χ1) is 7.59. The topological polar surface area (TPSA) is 37.3 Å². The lowest BCUT2D eigenvalue weighted by atomic mass is 10.1. The summed E-state index contributed by atoms with van der Waals surface area (Å²) < 4.78 is 12.9. The van der Waals surface area contributed by atoms with Crippen LogP contribution in [-0.4, -0.2) is 11.1 Å². The second-order valence-electron chi connectivity index (χ2n) is 3.09. The molecule has 0 amide bonds. The van der Waals surface area contributed by atoms with Gasteiger partial charge in [-0.25, -0.2) is 9.18 Å². The first kappa shape index (κ1) is 11.1. The molecule has 2 nitrogen and oxygen atoms in total. The standard InChI is InChI=1S/C11H6ClFO2S/c12-9-5-6(13)1-2-7(9)8-3-4-16-10(8)11(14)15/h1-5H,(H,14,15). The molecular formula is C11H6ClFO2S. The van der Waals surface area contributed by atoms with Crippen LogP contribution >= 0.6 is 22.9 Å². The molecule has 2 aromatic rings. The van der Waals surface area contributed by atoms with Gasteiger partial charge in [0.15, 0.2) is 0 Å². The van der Waals surface area contributed by atoms with Gasteiger partial charge in [-0.1, -0.05) is 11.6 Å². The van der Waals surface area contributed by atoms with Crippen LogP contribution in [0.1, 0.15) is 9.67 Å². The molecule has 82 valence electrons. The third-order valence-electron chi connectivity index (χ3n) is 2.08. The molecule has 0 aliphatic heterocycles. The van der Waals surface area contributed by atoms with Gasteiger partial charge in [-0.2, -0.15) is 0 Å². The van der Waals surface area contributed by atoms with Crippen LogP contribution in [-0.2, 0) is 0 Å². The van der Waals surface area contributed by atoms with Crippen molar-refractivity contribution in [3.63, 3.8) is 0 Å². The average Bonchev–Trinajstić information content (AvgIpc) is 2.66. The lowest BCUT2D eigenvalue weighted by Crippen LogP contribution is -1.94. The minimum absolute atomic E-state index is 0.202. The van der Waals surface area contributed by atoms with Crippen molar-refractivity contribution in [2.45, 2.75) is 0 Å². The highest BCUT2D eigenvalue weighted by molar-refractivity contribution is 7.12. The predicted octanol–water partition coefficient (Wildman–Crippen LogP) is 3.91.